The summed E-state index contributed by atoms with van der Waals surface area (Å²) < 4.78 is 10.8. The van der Waals surface area contributed by atoms with Crippen molar-refractivity contribution in [3.05, 3.63) is 23.8 Å². The van der Waals surface area contributed by atoms with E-state index in [-0.39, 0.29) is 17.6 Å². The van der Waals surface area contributed by atoms with Crippen LogP contribution in [0.5, 0.6) is 11.5 Å². The summed E-state index contributed by atoms with van der Waals surface area (Å²) in [7, 11) is 3.30. The van der Waals surface area contributed by atoms with Crippen LogP contribution in [0.25, 0.3) is 0 Å². The Morgan fingerprint density at radius 2 is 1.75 bits per heavy atom. The van der Waals surface area contributed by atoms with E-state index in [1.165, 1.54) is 6.42 Å². The maximum atomic E-state index is 13.2. The summed E-state index contributed by atoms with van der Waals surface area (Å²) in [5.41, 5.74) is 0.643. The molecule has 1 aromatic rings. The van der Waals surface area contributed by atoms with E-state index in [4.69, 9.17) is 9.47 Å². The first kappa shape index (κ1) is 17.1. The number of carbonyl (C=O) groups excluding carboxylic acids is 1. The average Bonchev–Trinajstić information content (AvgIpc) is 2.88. The van der Waals surface area contributed by atoms with Crippen molar-refractivity contribution in [2.24, 2.45) is 0 Å². The minimum absolute atomic E-state index is 0.112. The molecular formula is C19H28N2O3. The van der Waals surface area contributed by atoms with Crippen molar-refractivity contribution in [2.45, 2.75) is 57.2 Å². The normalized spacial score (nSPS) is 22.9. The van der Waals surface area contributed by atoms with Gasteiger partial charge in [-0.05, 0) is 37.0 Å². The molecule has 0 aromatic heterocycles. The number of methoxy groups -OCH3 is 2. The fourth-order valence-electron chi connectivity index (χ4n) is 4.03. The number of benzene rings is 1. The van der Waals surface area contributed by atoms with Crippen LogP contribution in [0.15, 0.2) is 18.2 Å². The monoisotopic (exact) mass is 332 g/mol. The Balaban J connectivity index is 1.97. The Labute approximate surface area is 144 Å². The van der Waals surface area contributed by atoms with E-state index in [0.717, 1.165) is 55.7 Å². The van der Waals surface area contributed by atoms with E-state index in [9.17, 15) is 4.79 Å². The molecule has 5 nitrogen and oxygen atoms in total. The van der Waals surface area contributed by atoms with E-state index in [2.05, 4.69) is 12.2 Å². The van der Waals surface area contributed by atoms with Crippen LogP contribution in [-0.4, -0.2) is 37.1 Å². The Kier molecular flexibility index (Phi) is 4.99. The van der Waals surface area contributed by atoms with E-state index in [0.29, 0.717) is 0 Å². The number of carbonyl (C=O) groups is 1. The second kappa shape index (κ2) is 7.01. The van der Waals surface area contributed by atoms with Gasteiger partial charge in [0.05, 0.1) is 19.8 Å². The van der Waals surface area contributed by atoms with Crippen molar-refractivity contribution in [3.63, 3.8) is 0 Å². The lowest BCUT2D eigenvalue weighted by Crippen LogP contribution is -2.48. The van der Waals surface area contributed by atoms with Gasteiger partial charge < -0.3 is 14.4 Å². The molecule has 3 rings (SSSR count). The summed E-state index contributed by atoms with van der Waals surface area (Å²) >= 11 is 0. The third-order valence-electron chi connectivity index (χ3n) is 5.26. The van der Waals surface area contributed by atoms with Gasteiger partial charge >= 0.3 is 0 Å². The first-order chi connectivity index (χ1) is 11.6. The molecule has 0 bridgehead atoms. The summed E-state index contributed by atoms with van der Waals surface area (Å²) in [5.74, 6) is 1.76. The zero-order valence-electron chi connectivity index (χ0n) is 14.9. The summed E-state index contributed by atoms with van der Waals surface area (Å²) in [6.45, 7) is 2.88. The lowest BCUT2D eigenvalue weighted by molar-refractivity contribution is -0.134. The van der Waals surface area contributed by atoms with E-state index >= 15 is 0 Å². The van der Waals surface area contributed by atoms with E-state index < -0.39 is 0 Å². The number of hydrogen-bond acceptors (Lipinski definition) is 4. The molecule has 1 amide bonds. The third kappa shape index (κ3) is 2.97. The van der Waals surface area contributed by atoms with Gasteiger partial charge in [0.25, 0.3) is 0 Å². The van der Waals surface area contributed by atoms with Gasteiger partial charge in [0, 0.05) is 12.6 Å². The molecule has 1 aromatic carbocycles. The summed E-state index contributed by atoms with van der Waals surface area (Å²) in [6, 6.07) is 5.86. The zero-order chi connectivity index (χ0) is 17.2. The maximum absolute atomic E-state index is 13.2. The molecule has 1 heterocycles. The summed E-state index contributed by atoms with van der Waals surface area (Å²) in [4.78, 5) is 15.2. The van der Waals surface area contributed by atoms with Crippen molar-refractivity contribution < 1.29 is 14.3 Å². The number of amides is 1. The Hall–Kier alpha value is -1.75. The highest BCUT2D eigenvalue weighted by molar-refractivity contribution is 5.89. The molecule has 1 atom stereocenters. The predicted molar refractivity (Wildman–Crippen MR) is 93.2 cm³/mol. The van der Waals surface area contributed by atoms with Gasteiger partial charge in [-0.1, -0.05) is 26.2 Å². The molecule has 1 saturated heterocycles. The van der Waals surface area contributed by atoms with Crippen LogP contribution < -0.4 is 14.8 Å². The second-order valence-corrected chi connectivity index (χ2v) is 6.83. The summed E-state index contributed by atoms with van der Waals surface area (Å²) in [5, 5.41) is 3.68. The first-order valence-electron chi connectivity index (χ1n) is 8.95. The fourth-order valence-corrected chi connectivity index (χ4v) is 4.03. The number of ether oxygens (including phenoxy) is 2. The minimum Gasteiger partial charge on any atom is -0.497 e. The zero-order valence-corrected chi connectivity index (χ0v) is 14.9. The smallest absolute Gasteiger partial charge is 0.244 e. The number of nitrogens with zero attached hydrogens (tertiary/aromatic N) is 1. The van der Waals surface area contributed by atoms with Crippen molar-refractivity contribution in [2.75, 3.05) is 20.8 Å². The SMILES string of the molecule is CCCN1C(=O)C2(CCCCC2)NC1c1cc(OC)cc(OC)c1. The molecule has 1 aliphatic heterocycles. The average molecular weight is 332 g/mol. The molecule has 24 heavy (non-hydrogen) atoms. The van der Waals surface area contributed by atoms with Crippen LogP contribution in [0, 0.1) is 0 Å². The van der Waals surface area contributed by atoms with Gasteiger partial charge in [-0.3, -0.25) is 10.1 Å². The van der Waals surface area contributed by atoms with Gasteiger partial charge in [-0.25, -0.2) is 0 Å². The molecular weight excluding hydrogens is 304 g/mol. The van der Waals surface area contributed by atoms with Crippen LogP contribution in [0.3, 0.4) is 0 Å². The minimum atomic E-state index is -0.381. The number of hydrogen-bond donors (Lipinski definition) is 1. The Morgan fingerprint density at radius 1 is 1.12 bits per heavy atom. The predicted octanol–water partition coefficient (Wildman–Crippen LogP) is 3.25. The van der Waals surface area contributed by atoms with Crippen LogP contribution in [0.1, 0.15) is 57.2 Å². The standard InChI is InChI=1S/C19H28N2O3/c1-4-10-21-17(14-11-15(23-2)13-16(12-14)24-3)20-19(18(21)22)8-6-5-7-9-19/h11-13,17,20H,4-10H2,1-3H3. The lowest BCUT2D eigenvalue weighted by Gasteiger charge is -2.31. The lowest BCUT2D eigenvalue weighted by atomic mass is 9.81. The van der Waals surface area contributed by atoms with E-state index in [1.54, 1.807) is 14.2 Å². The Bertz CT molecular complexity index is 574. The topological polar surface area (TPSA) is 50.8 Å². The molecule has 5 heteroatoms. The summed E-state index contributed by atoms with van der Waals surface area (Å²) in [6.07, 6.45) is 6.16. The molecule has 132 valence electrons. The molecule has 2 fully saturated rings. The molecule has 1 aliphatic carbocycles. The molecule has 1 unspecified atom stereocenters. The van der Waals surface area contributed by atoms with Crippen LogP contribution >= 0.6 is 0 Å². The Morgan fingerprint density at radius 3 is 2.29 bits per heavy atom. The van der Waals surface area contributed by atoms with Crippen molar-refractivity contribution in [1.29, 1.82) is 0 Å². The maximum Gasteiger partial charge on any atom is 0.244 e. The largest absolute Gasteiger partial charge is 0.497 e. The van der Waals surface area contributed by atoms with Crippen molar-refractivity contribution >= 4 is 5.91 Å². The van der Waals surface area contributed by atoms with Crippen LogP contribution in [-0.2, 0) is 4.79 Å². The van der Waals surface area contributed by atoms with Gasteiger partial charge in [-0.15, -0.1) is 0 Å². The third-order valence-corrected chi connectivity index (χ3v) is 5.26. The number of nitrogens with one attached hydrogen (secondary N) is 1. The van der Waals surface area contributed by atoms with Crippen molar-refractivity contribution in [1.82, 2.24) is 10.2 Å². The van der Waals surface area contributed by atoms with Gasteiger partial charge in [0.1, 0.15) is 17.7 Å². The highest BCUT2D eigenvalue weighted by atomic mass is 16.5. The molecule has 1 saturated carbocycles. The molecule has 1 spiro atoms. The van der Waals surface area contributed by atoms with Crippen LogP contribution in [0.4, 0.5) is 0 Å². The second-order valence-electron chi connectivity index (χ2n) is 6.83. The van der Waals surface area contributed by atoms with Crippen LogP contribution in [0.2, 0.25) is 0 Å². The first-order valence-corrected chi connectivity index (χ1v) is 8.95. The van der Waals surface area contributed by atoms with Crippen molar-refractivity contribution in [3.8, 4) is 11.5 Å². The molecule has 0 radical (unpaired) electrons. The number of rotatable bonds is 5. The van der Waals surface area contributed by atoms with Gasteiger partial charge in [0.15, 0.2) is 0 Å². The highest BCUT2D eigenvalue weighted by Crippen LogP contribution is 2.41. The quantitative estimate of drug-likeness (QED) is 0.899. The van der Waals surface area contributed by atoms with Gasteiger partial charge in [-0.2, -0.15) is 0 Å². The molecule has 1 N–H and O–H groups in total. The fraction of sp³-hybridized carbons (Fsp3) is 0.632. The highest BCUT2D eigenvalue weighted by Gasteiger charge is 2.51. The van der Waals surface area contributed by atoms with Gasteiger partial charge in [0.2, 0.25) is 5.91 Å². The molecule has 2 aliphatic rings. The van der Waals surface area contributed by atoms with E-state index in [1.807, 2.05) is 23.1 Å².